The number of rotatable bonds is 5. The number of aliphatic hydroxyl groups is 1. The van der Waals surface area contributed by atoms with Crippen LogP contribution >= 0.6 is 0 Å². The van der Waals surface area contributed by atoms with Crippen LogP contribution in [0.15, 0.2) is 19.0 Å². The van der Waals surface area contributed by atoms with Crippen molar-refractivity contribution in [2.24, 2.45) is 11.8 Å². The van der Waals surface area contributed by atoms with Gasteiger partial charge in [-0.15, -0.1) is 0 Å². The summed E-state index contributed by atoms with van der Waals surface area (Å²) in [5, 5.41) is 9.31. The molecule has 0 amide bonds. The standard InChI is InChI=1S/C16H24N2O/c1-3-6-16-15(4-2)17-12-18(16)10-13-7-5-8-14(9-13)11-19/h3-4,6,12-14,19H,2,5,7-11H2,1H3/b6-3-. The number of aromatic nitrogens is 2. The Hall–Kier alpha value is -1.35. The van der Waals surface area contributed by atoms with Crippen molar-refractivity contribution in [3.63, 3.8) is 0 Å². The van der Waals surface area contributed by atoms with E-state index in [1.165, 1.54) is 19.3 Å². The molecule has 1 saturated carbocycles. The molecule has 0 aliphatic heterocycles. The van der Waals surface area contributed by atoms with Gasteiger partial charge in [-0.2, -0.15) is 0 Å². The quantitative estimate of drug-likeness (QED) is 0.881. The predicted octanol–water partition coefficient (Wildman–Crippen LogP) is 3.36. The normalized spacial score (nSPS) is 23.9. The Balaban J connectivity index is 2.10. The van der Waals surface area contributed by atoms with E-state index in [-0.39, 0.29) is 0 Å². The summed E-state index contributed by atoms with van der Waals surface area (Å²) in [6.45, 7) is 7.17. The van der Waals surface area contributed by atoms with Gasteiger partial charge in [-0.05, 0) is 50.2 Å². The summed E-state index contributed by atoms with van der Waals surface area (Å²) < 4.78 is 2.22. The lowest BCUT2D eigenvalue weighted by atomic mass is 9.82. The van der Waals surface area contributed by atoms with Crippen LogP contribution < -0.4 is 0 Å². The number of aliphatic hydroxyl groups excluding tert-OH is 1. The van der Waals surface area contributed by atoms with Crippen molar-refractivity contribution in [1.82, 2.24) is 9.55 Å². The molecule has 2 rings (SSSR count). The minimum absolute atomic E-state index is 0.333. The van der Waals surface area contributed by atoms with Gasteiger partial charge < -0.3 is 9.67 Å². The molecular weight excluding hydrogens is 236 g/mol. The maximum Gasteiger partial charge on any atom is 0.0958 e. The van der Waals surface area contributed by atoms with Gasteiger partial charge in [-0.1, -0.05) is 19.1 Å². The SMILES string of the molecule is C=Cc1ncn(CC2CCCC(CO)C2)c1/C=C\C. The molecule has 2 unspecified atom stereocenters. The van der Waals surface area contributed by atoms with E-state index in [4.69, 9.17) is 0 Å². The summed E-state index contributed by atoms with van der Waals surface area (Å²) in [5.41, 5.74) is 2.09. The highest BCUT2D eigenvalue weighted by Gasteiger charge is 2.22. The molecule has 1 aliphatic rings. The first-order valence-electron chi connectivity index (χ1n) is 7.19. The van der Waals surface area contributed by atoms with E-state index in [0.29, 0.717) is 18.4 Å². The molecule has 1 aromatic rings. The van der Waals surface area contributed by atoms with E-state index in [1.807, 2.05) is 25.4 Å². The number of nitrogens with zero attached hydrogens (tertiary/aromatic N) is 2. The van der Waals surface area contributed by atoms with Gasteiger partial charge in [0.1, 0.15) is 0 Å². The van der Waals surface area contributed by atoms with Crippen molar-refractivity contribution in [3.05, 3.63) is 30.4 Å². The molecular formula is C16H24N2O. The first kappa shape index (κ1) is 14.1. The number of allylic oxidation sites excluding steroid dienone is 1. The average Bonchev–Trinajstić information content (AvgIpc) is 2.82. The molecule has 0 radical (unpaired) electrons. The minimum Gasteiger partial charge on any atom is -0.396 e. The fourth-order valence-electron chi connectivity index (χ4n) is 3.06. The fraction of sp³-hybridized carbons (Fsp3) is 0.562. The van der Waals surface area contributed by atoms with Crippen molar-refractivity contribution >= 4 is 12.2 Å². The molecule has 3 heteroatoms. The van der Waals surface area contributed by atoms with Gasteiger partial charge in [-0.3, -0.25) is 0 Å². The zero-order valence-corrected chi connectivity index (χ0v) is 11.8. The van der Waals surface area contributed by atoms with E-state index in [2.05, 4.69) is 22.2 Å². The second-order valence-electron chi connectivity index (χ2n) is 5.45. The lowest BCUT2D eigenvalue weighted by Gasteiger charge is -2.28. The monoisotopic (exact) mass is 260 g/mol. The first-order chi connectivity index (χ1) is 9.28. The smallest absolute Gasteiger partial charge is 0.0958 e. The molecule has 1 aliphatic carbocycles. The highest BCUT2D eigenvalue weighted by Crippen LogP contribution is 2.30. The van der Waals surface area contributed by atoms with Crippen LogP contribution in [0.4, 0.5) is 0 Å². The van der Waals surface area contributed by atoms with Crippen LogP contribution in [-0.2, 0) is 6.54 Å². The Morgan fingerprint density at radius 1 is 1.47 bits per heavy atom. The maximum atomic E-state index is 9.31. The zero-order chi connectivity index (χ0) is 13.7. The molecule has 1 N–H and O–H groups in total. The molecule has 3 nitrogen and oxygen atoms in total. The number of hydrogen-bond donors (Lipinski definition) is 1. The Labute approximate surface area is 115 Å². The lowest BCUT2D eigenvalue weighted by Crippen LogP contribution is -2.22. The molecule has 2 atom stereocenters. The third-order valence-electron chi connectivity index (χ3n) is 4.03. The molecule has 104 valence electrons. The average molecular weight is 260 g/mol. The second-order valence-corrected chi connectivity index (χ2v) is 5.45. The van der Waals surface area contributed by atoms with Gasteiger partial charge in [0.2, 0.25) is 0 Å². The predicted molar refractivity (Wildman–Crippen MR) is 79.6 cm³/mol. The topological polar surface area (TPSA) is 38.0 Å². The van der Waals surface area contributed by atoms with E-state index < -0.39 is 0 Å². The molecule has 19 heavy (non-hydrogen) atoms. The molecule has 1 heterocycles. The van der Waals surface area contributed by atoms with Gasteiger partial charge in [0.15, 0.2) is 0 Å². The third kappa shape index (κ3) is 3.35. The lowest BCUT2D eigenvalue weighted by molar-refractivity contribution is 0.153. The molecule has 1 fully saturated rings. The van der Waals surface area contributed by atoms with E-state index in [9.17, 15) is 5.11 Å². The Bertz CT molecular complexity index is 448. The molecule has 1 aromatic heterocycles. The van der Waals surface area contributed by atoms with Crippen LogP contribution in [-0.4, -0.2) is 21.3 Å². The Morgan fingerprint density at radius 3 is 2.95 bits per heavy atom. The van der Waals surface area contributed by atoms with Gasteiger partial charge in [0.25, 0.3) is 0 Å². The fourth-order valence-corrected chi connectivity index (χ4v) is 3.06. The second kappa shape index (κ2) is 6.71. The van der Waals surface area contributed by atoms with Crippen molar-refractivity contribution in [1.29, 1.82) is 0 Å². The summed E-state index contributed by atoms with van der Waals surface area (Å²) >= 11 is 0. The molecule has 0 saturated heterocycles. The van der Waals surface area contributed by atoms with Crippen LogP contribution in [0.2, 0.25) is 0 Å². The van der Waals surface area contributed by atoms with E-state index >= 15 is 0 Å². The van der Waals surface area contributed by atoms with Gasteiger partial charge in [0, 0.05) is 13.2 Å². The van der Waals surface area contributed by atoms with Crippen LogP contribution in [0.5, 0.6) is 0 Å². The summed E-state index contributed by atoms with van der Waals surface area (Å²) in [4.78, 5) is 4.40. The molecule has 0 spiro atoms. The summed E-state index contributed by atoms with van der Waals surface area (Å²) in [5.74, 6) is 1.15. The molecule has 0 bridgehead atoms. The Kier molecular flexibility index (Phi) is 4.97. The van der Waals surface area contributed by atoms with E-state index in [0.717, 1.165) is 24.4 Å². The van der Waals surface area contributed by atoms with E-state index in [1.54, 1.807) is 0 Å². The highest BCUT2D eigenvalue weighted by molar-refractivity contribution is 5.58. The maximum absolute atomic E-state index is 9.31. The van der Waals surface area contributed by atoms with Crippen molar-refractivity contribution < 1.29 is 5.11 Å². The Morgan fingerprint density at radius 2 is 2.26 bits per heavy atom. The first-order valence-corrected chi connectivity index (χ1v) is 7.19. The largest absolute Gasteiger partial charge is 0.396 e. The van der Waals surface area contributed by atoms with Crippen LogP contribution in [0.3, 0.4) is 0 Å². The zero-order valence-electron chi connectivity index (χ0n) is 11.8. The van der Waals surface area contributed by atoms with Crippen LogP contribution in [0, 0.1) is 11.8 Å². The van der Waals surface area contributed by atoms with Gasteiger partial charge >= 0.3 is 0 Å². The molecule has 0 aromatic carbocycles. The summed E-state index contributed by atoms with van der Waals surface area (Å²) in [6.07, 6.45) is 12.7. The van der Waals surface area contributed by atoms with Gasteiger partial charge in [-0.25, -0.2) is 4.98 Å². The minimum atomic E-state index is 0.333. The van der Waals surface area contributed by atoms with Crippen LogP contribution in [0.1, 0.15) is 44.0 Å². The summed E-state index contributed by atoms with van der Waals surface area (Å²) in [7, 11) is 0. The van der Waals surface area contributed by atoms with Gasteiger partial charge in [0.05, 0.1) is 17.7 Å². The number of hydrogen-bond acceptors (Lipinski definition) is 2. The van der Waals surface area contributed by atoms with Crippen LogP contribution in [0.25, 0.3) is 12.2 Å². The highest BCUT2D eigenvalue weighted by atomic mass is 16.3. The van der Waals surface area contributed by atoms with Crippen molar-refractivity contribution in [3.8, 4) is 0 Å². The summed E-state index contributed by atoms with van der Waals surface area (Å²) in [6, 6.07) is 0. The van der Waals surface area contributed by atoms with Crippen molar-refractivity contribution in [2.45, 2.75) is 39.2 Å². The van der Waals surface area contributed by atoms with Crippen molar-refractivity contribution in [2.75, 3.05) is 6.61 Å². The third-order valence-corrected chi connectivity index (χ3v) is 4.03. The number of imidazole rings is 1.